The van der Waals surface area contributed by atoms with Gasteiger partial charge in [-0.05, 0) is 5.56 Å². The molecule has 0 aliphatic heterocycles. The SMILES string of the molecule is O=P(O)(O)OC(c1ccccc1)C(Cl)CCl. The second kappa shape index (κ2) is 6.01. The Morgan fingerprint density at radius 1 is 1.31 bits per heavy atom. The van der Waals surface area contributed by atoms with Crippen molar-refractivity contribution in [2.75, 3.05) is 5.88 Å². The molecule has 4 nitrogen and oxygen atoms in total. The zero-order valence-electron chi connectivity index (χ0n) is 8.16. The van der Waals surface area contributed by atoms with Crippen LogP contribution in [-0.2, 0) is 9.09 Å². The molecule has 0 saturated carbocycles. The fourth-order valence-electron chi connectivity index (χ4n) is 1.21. The highest BCUT2D eigenvalue weighted by atomic mass is 35.5. The van der Waals surface area contributed by atoms with Gasteiger partial charge >= 0.3 is 7.82 Å². The Balaban J connectivity index is 2.93. The van der Waals surface area contributed by atoms with Gasteiger partial charge in [-0.2, -0.15) is 0 Å². The lowest BCUT2D eigenvalue weighted by molar-refractivity contribution is 0.133. The van der Waals surface area contributed by atoms with Gasteiger partial charge in [-0.1, -0.05) is 30.3 Å². The largest absolute Gasteiger partial charge is 0.470 e. The molecule has 1 aromatic carbocycles. The van der Waals surface area contributed by atoms with E-state index in [2.05, 4.69) is 4.52 Å². The predicted molar refractivity (Wildman–Crippen MR) is 62.7 cm³/mol. The van der Waals surface area contributed by atoms with E-state index in [0.717, 1.165) is 0 Å². The average molecular weight is 285 g/mol. The smallest absolute Gasteiger partial charge is 0.303 e. The molecule has 0 fully saturated rings. The van der Waals surface area contributed by atoms with Crippen LogP contribution in [0, 0.1) is 0 Å². The van der Waals surface area contributed by atoms with Crippen molar-refractivity contribution in [3.05, 3.63) is 35.9 Å². The fraction of sp³-hybridized carbons (Fsp3) is 0.333. The van der Waals surface area contributed by atoms with Crippen LogP contribution >= 0.6 is 31.0 Å². The van der Waals surface area contributed by atoms with E-state index in [1.807, 2.05) is 0 Å². The normalized spacial score (nSPS) is 15.8. The van der Waals surface area contributed by atoms with Gasteiger partial charge < -0.3 is 9.79 Å². The monoisotopic (exact) mass is 284 g/mol. The minimum atomic E-state index is -4.60. The highest BCUT2D eigenvalue weighted by Crippen LogP contribution is 2.44. The summed E-state index contributed by atoms with van der Waals surface area (Å²) in [5.74, 6) is 0.0289. The number of phosphoric ester groups is 1. The number of benzene rings is 1. The van der Waals surface area contributed by atoms with Crippen LogP contribution in [-0.4, -0.2) is 21.0 Å². The van der Waals surface area contributed by atoms with Gasteiger partial charge in [0, 0.05) is 5.88 Å². The quantitative estimate of drug-likeness (QED) is 0.644. The van der Waals surface area contributed by atoms with Crippen LogP contribution < -0.4 is 0 Å². The minimum Gasteiger partial charge on any atom is -0.303 e. The molecule has 0 aliphatic carbocycles. The second-order valence-electron chi connectivity index (χ2n) is 3.10. The Kier molecular flexibility index (Phi) is 5.25. The molecule has 0 aromatic heterocycles. The molecule has 90 valence electrons. The van der Waals surface area contributed by atoms with E-state index < -0.39 is 19.3 Å². The number of hydrogen-bond acceptors (Lipinski definition) is 2. The first kappa shape index (κ1) is 14.0. The Bertz CT molecular complexity index is 367. The van der Waals surface area contributed by atoms with Gasteiger partial charge in [0.1, 0.15) is 6.10 Å². The molecular weight excluding hydrogens is 274 g/mol. The molecule has 2 N–H and O–H groups in total. The first-order valence-corrected chi connectivity index (χ1v) is 6.93. The molecular formula is C9H11Cl2O4P. The van der Waals surface area contributed by atoms with Gasteiger partial charge in [0.05, 0.1) is 5.38 Å². The Morgan fingerprint density at radius 2 is 1.88 bits per heavy atom. The molecule has 0 heterocycles. The third-order valence-corrected chi connectivity index (χ3v) is 3.23. The van der Waals surface area contributed by atoms with Crippen molar-refractivity contribution < 1.29 is 18.9 Å². The van der Waals surface area contributed by atoms with Crippen molar-refractivity contribution in [3.8, 4) is 0 Å². The topological polar surface area (TPSA) is 66.8 Å². The molecule has 7 heteroatoms. The maximum absolute atomic E-state index is 10.8. The predicted octanol–water partition coefficient (Wildman–Crippen LogP) is 2.68. The summed E-state index contributed by atoms with van der Waals surface area (Å²) in [4.78, 5) is 17.6. The zero-order valence-corrected chi connectivity index (χ0v) is 10.6. The zero-order chi connectivity index (χ0) is 12.2. The highest BCUT2D eigenvalue weighted by molar-refractivity contribution is 7.46. The van der Waals surface area contributed by atoms with Crippen molar-refractivity contribution in [1.29, 1.82) is 0 Å². The van der Waals surface area contributed by atoms with Crippen molar-refractivity contribution in [2.24, 2.45) is 0 Å². The number of hydrogen-bond donors (Lipinski definition) is 2. The number of alkyl halides is 2. The molecule has 0 saturated heterocycles. The molecule has 0 spiro atoms. The lowest BCUT2D eigenvalue weighted by atomic mass is 10.1. The highest BCUT2D eigenvalue weighted by Gasteiger charge is 2.29. The summed E-state index contributed by atoms with van der Waals surface area (Å²) >= 11 is 11.4. The van der Waals surface area contributed by atoms with E-state index in [4.69, 9.17) is 33.0 Å². The van der Waals surface area contributed by atoms with E-state index >= 15 is 0 Å². The summed E-state index contributed by atoms with van der Waals surface area (Å²) in [5, 5.41) is -0.711. The Morgan fingerprint density at radius 3 is 2.31 bits per heavy atom. The van der Waals surface area contributed by atoms with Gasteiger partial charge in [0.15, 0.2) is 0 Å². The van der Waals surface area contributed by atoms with Crippen LogP contribution in [0.15, 0.2) is 30.3 Å². The average Bonchev–Trinajstić information content (AvgIpc) is 2.25. The molecule has 0 aliphatic rings. The Labute approximate surface area is 103 Å². The van der Waals surface area contributed by atoms with E-state index in [-0.39, 0.29) is 5.88 Å². The van der Waals surface area contributed by atoms with E-state index in [1.54, 1.807) is 30.3 Å². The maximum atomic E-state index is 10.8. The van der Waals surface area contributed by atoms with Crippen molar-refractivity contribution in [2.45, 2.75) is 11.5 Å². The first-order chi connectivity index (χ1) is 7.44. The van der Waals surface area contributed by atoms with Gasteiger partial charge in [0.2, 0.25) is 0 Å². The van der Waals surface area contributed by atoms with Crippen molar-refractivity contribution in [1.82, 2.24) is 0 Å². The van der Waals surface area contributed by atoms with E-state index in [1.165, 1.54) is 0 Å². The third-order valence-electron chi connectivity index (χ3n) is 1.85. The second-order valence-corrected chi connectivity index (χ2v) is 5.16. The molecule has 1 rings (SSSR count). The van der Waals surface area contributed by atoms with Crippen molar-refractivity contribution in [3.63, 3.8) is 0 Å². The van der Waals surface area contributed by atoms with Gasteiger partial charge in [-0.3, -0.25) is 4.52 Å². The molecule has 2 unspecified atom stereocenters. The lowest BCUT2D eigenvalue weighted by Crippen LogP contribution is -2.17. The van der Waals surface area contributed by atoms with E-state index in [0.29, 0.717) is 5.56 Å². The number of rotatable bonds is 5. The van der Waals surface area contributed by atoms with Gasteiger partial charge in [-0.15, -0.1) is 23.2 Å². The summed E-state index contributed by atoms with van der Waals surface area (Å²) in [6.07, 6.45) is -0.929. The number of halogens is 2. The fourth-order valence-corrected chi connectivity index (χ4v) is 2.20. The molecule has 0 amide bonds. The molecule has 2 atom stereocenters. The molecule has 0 bridgehead atoms. The Hall–Kier alpha value is -0.0900. The van der Waals surface area contributed by atoms with Crippen molar-refractivity contribution >= 4 is 31.0 Å². The lowest BCUT2D eigenvalue weighted by Gasteiger charge is -2.21. The maximum Gasteiger partial charge on any atom is 0.470 e. The van der Waals surface area contributed by atoms with Crippen LogP contribution in [0.3, 0.4) is 0 Å². The summed E-state index contributed by atoms with van der Waals surface area (Å²) in [5.41, 5.74) is 0.575. The van der Waals surface area contributed by atoms with Gasteiger partial charge in [-0.25, -0.2) is 4.57 Å². The number of phosphoric acid groups is 1. The standard InChI is InChI=1S/C9H11Cl2O4P/c10-6-8(11)9(15-16(12,13)14)7-4-2-1-3-5-7/h1-5,8-9H,6H2,(H2,12,13,14). The van der Waals surface area contributed by atoms with Crippen LogP contribution in [0.25, 0.3) is 0 Å². The summed E-state index contributed by atoms with van der Waals surface area (Å²) in [7, 11) is -4.60. The van der Waals surface area contributed by atoms with Gasteiger partial charge in [0.25, 0.3) is 0 Å². The summed E-state index contributed by atoms with van der Waals surface area (Å²) in [6.45, 7) is 0. The summed E-state index contributed by atoms with van der Waals surface area (Å²) < 4.78 is 15.4. The van der Waals surface area contributed by atoms with Crippen LogP contribution in [0.4, 0.5) is 0 Å². The molecule has 0 radical (unpaired) electrons. The molecule has 1 aromatic rings. The third kappa shape index (κ3) is 4.42. The summed E-state index contributed by atoms with van der Waals surface area (Å²) in [6, 6.07) is 8.57. The van der Waals surface area contributed by atoms with E-state index in [9.17, 15) is 4.57 Å². The van der Waals surface area contributed by atoms with Crippen LogP contribution in [0.1, 0.15) is 11.7 Å². The van der Waals surface area contributed by atoms with Crippen LogP contribution in [0.5, 0.6) is 0 Å². The minimum absolute atomic E-state index is 0.0289. The first-order valence-electron chi connectivity index (χ1n) is 4.43. The van der Waals surface area contributed by atoms with Crippen LogP contribution in [0.2, 0.25) is 0 Å². The molecule has 16 heavy (non-hydrogen) atoms.